The first-order valence-corrected chi connectivity index (χ1v) is 9.18. The van der Waals surface area contributed by atoms with E-state index in [4.69, 9.17) is 4.74 Å². The summed E-state index contributed by atoms with van der Waals surface area (Å²) < 4.78 is 5.52. The summed E-state index contributed by atoms with van der Waals surface area (Å²) in [4.78, 5) is 16.0. The van der Waals surface area contributed by atoms with Gasteiger partial charge in [0.25, 0.3) is 5.91 Å². The molecule has 2 aromatic carbocycles. The van der Waals surface area contributed by atoms with Crippen LogP contribution in [0.15, 0.2) is 54.6 Å². The molecule has 1 atom stereocenters. The Labute approximate surface area is 155 Å². The highest BCUT2D eigenvalue weighted by atomic mass is 16.5. The number of hydrogen-bond acceptors (Lipinski definition) is 3. The zero-order valence-corrected chi connectivity index (χ0v) is 15.6. The van der Waals surface area contributed by atoms with Gasteiger partial charge in [-0.1, -0.05) is 30.3 Å². The zero-order valence-electron chi connectivity index (χ0n) is 15.6. The lowest BCUT2D eigenvalue weighted by atomic mass is 10.0. The van der Waals surface area contributed by atoms with Crippen molar-refractivity contribution in [1.29, 1.82) is 0 Å². The molecule has 138 valence electrons. The summed E-state index contributed by atoms with van der Waals surface area (Å²) in [7, 11) is 4.08. The van der Waals surface area contributed by atoms with Crippen LogP contribution in [0.1, 0.15) is 22.0 Å². The monoisotopic (exact) mass is 354 g/mol. The molecule has 2 aromatic rings. The van der Waals surface area contributed by atoms with Gasteiger partial charge in [0.15, 0.2) is 0 Å². The fraction of sp³-hybridized carbons (Fsp3) is 0.381. The van der Waals surface area contributed by atoms with Gasteiger partial charge >= 0.3 is 0 Å². The number of nitrogens with zero attached hydrogens (tertiary/aromatic N) is 1. The number of quaternary nitrogens is 1. The standard InChI is InChI=1S/C21H27N3O2/c1-23(2)19-10-8-17(9-11-19)20(24-12-14-26-15-13-24)16-22-21(25)18-6-4-3-5-7-18/h3-11,20H,12-16H2,1-2H3,(H,22,25)/p+1/t20-/m1/s1. The Bertz CT molecular complexity index is 695. The maximum Gasteiger partial charge on any atom is 0.251 e. The number of rotatable bonds is 6. The van der Waals surface area contributed by atoms with Crippen molar-refractivity contribution in [3.05, 3.63) is 65.7 Å². The van der Waals surface area contributed by atoms with Crippen LogP contribution in [0.5, 0.6) is 0 Å². The Hall–Kier alpha value is -2.37. The van der Waals surface area contributed by atoms with Crippen molar-refractivity contribution in [3.63, 3.8) is 0 Å². The SMILES string of the molecule is CN(C)c1ccc([C@@H](CNC(=O)c2ccccc2)[NH+]2CCOCC2)cc1. The van der Waals surface area contributed by atoms with E-state index in [0.717, 1.165) is 26.3 Å². The van der Waals surface area contributed by atoms with Gasteiger partial charge in [-0.05, 0) is 24.3 Å². The Morgan fingerprint density at radius 3 is 2.35 bits per heavy atom. The molecule has 1 amide bonds. The number of amides is 1. The third kappa shape index (κ3) is 4.62. The number of ether oxygens (including phenoxy) is 1. The van der Waals surface area contributed by atoms with E-state index in [1.54, 1.807) is 0 Å². The fourth-order valence-corrected chi connectivity index (χ4v) is 3.37. The minimum atomic E-state index is -0.0202. The lowest BCUT2D eigenvalue weighted by molar-refractivity contribution is -0.937. The van der Waals surface area contributed by atoms with Crippen LogP contribution in [-0.4, -0.2) is 52.9 Å². The predicted molar refractivity (Wildman–Crippen MR) is 104 cm³/mol. The van der Waals surface area contributed by atoms with Gasteiger partial charge in [0.1, 0.15) is 19.1 Å². The van der Waals surface area contributed by atoms with Crippen molar-refractivity contribution in [2.75, 3.05) is 51.8 Å². The molecule has 1 aliphatic rings. The summed E-state index contributed by atoms with van der Waals surface area (Å²) in [6.07, 6.45) is 0. The van der Waals surface area contributed by atoms with Crippen LogP contribution >= 0.6 is 0 Å². The normalized spacial score (nSPS) is 16.1. The van der Waals surface area contributed by atoms with Gasteiger partial charge in [0.2, 0.25) is 0 Å². The van der Waals surface area contributed by atoms with Crippen molar-refractivity contribution >= 4 is 11.6 Å². The van der Waals surface area contributed by atoms with Crippen molar-refractivity contribution in [2.24, 2.45) is 0 Å². The Morgan fingerprint density at radius 1 is 1.08 bits per heavy atom. The number of nitrogens with one attached hydrogen (secondary N) is 2. The van der Waals surface area contributed by atoms with Gasteiger partial charge in [-0.15, -0.1) is 0 Å². The molecule has 1 fully saturated rings. The van der Waals surface area contributed by atoms with Crippen LogP contribution in [0, 0.1) is 0 Å². The molecule has 0 bridgehead atoms. The summed E-state index contributed by atoms with van der Waals surface area (Å²) in [5.74, 6) is -0.0202. The van der Waals surface area contributed by atoms with Crippen molar-refractivity contribution in [2.45, 2.75) is 6.04 Å². The van der Waals surface area contributed by atoms with E-state index in [9.17, 15) is 4.79 Å². The number of anilines is 1. The first-order valence-electron chi connectivity index (χ1n) is 9.18. The van der Waals surface area contributed by atoms with Crippen LogP contribution in [0.4, 0.5) is 5.69 Å². The highest BCUT2D eigenvalue weighted by Gasteiger charge is 2.27. The van der Waals surface area contributed by atoms with Crippen LogP contribution in [-0.2, 0) is 4.74 Å². The topological polar surface area (TPSA) is 46.0 Å². The molecule has 1 heterocycles. The van der Waals surface area contributed by atoms with Crippen molar-refractivity contribution in [1.82, 2.24) is 5.32 Å². The quantitative estimate of drug-likeness (QED) is 0.818. The first-order chi connectivity index (χ1) is 12.6. The molecule has 5 nitrogen and oxygen atoms in total. The van der Waals surface area contributed by atoms with E-state index in [2.05, 4.69) is 34.5 Å². The number of hydrogen-bond donors (Lipinski definition) is 2. The number of carbonyl (C=O) groups is 1. The second-order valence-electron chi connectivity index (χ2n) is 6.89. The molecule has 2 N–H and O–H groups in total. The largest absolute Gasteiger partial charge is 0.378 e. The fourth-order valence-electron chi connectivity index (χ4n) is 3.37. The third-order valence-corrected chi connectivity index (χ3v) is 4.94. The highest BCUT2D eigenvalue weighted by Crippen LogP contribution is 2.16. The van der Waals surface area contributed by atoms with Gasteiger partial charge in [-0.2, -0.15) is 0 Å². The highest BCUT2D eigenvalue weighted by molar-refractivity contribution is 5.94. The van der Waals surface area contributed by atoms with Crippen molar-refractivity contribution < 1.29 is 14.4 Å². The molecule has 0 aromatic heterocycles. The predicted octanol–water partition coefficient (Wildman–Crippen LogP) is 1.14. The molecule has 0 unspecified atom stereocenters. The van der Waals surface area contributed by atoms with E-state index in [1.165, 1.54) is 16.2 Å². The van der Waals surface area contributed by atoms with Crippen LogP contribution in [0.25, 0.3) is 0 Å². The van der Waals surface area contributed by atoms with Crippen LogP contribution in [0.3, 0.4) is 0 Å². The number of carbonyl (C=O) groups excluding carboxylic acids is 1. The van der Waals surface area contributed by atoms with E-state index in [0.29, 0.717) is 12.1 Å². The van der Waals surface area contributed by atoms with Crippen LogP contribution < -0.4 is 15.1 Å². The van der Waals surface area contributed by atoms with Crippen LogP contribution in [0.2, 0.25) is 0 Å². The maximum absolute atomic E-state index is 12.5. The molecular weight excluding hydrogens is 326 g/mol. The van der Waals surface area contributed by atoms with Crippen molar-refractivity contribution in [3.8, 4) is 0 Å². The molecule has 0 radical (unpaired) electrons. The smallest absolute Gasteiger partial charge is 0.251 e. The summed E-state index contributed by atoms with van der Waals surface area (Å²) in [6, 6.07) is 18.2. The third-order valence-electron chi connectivity index (χ3n) is 4.94. The second kappa shape index (κ2) is 8.83. The maximum atomic E-state index is 12.5. The Balaban J connectivity index is 1.73. The molecule has 0 spiro atoms. The first kappa shape index (κ1) is 18.4. The molecule has 0 saturated carbocycles. The number of benzene rings is 2. The lowest BCUT2D eigenvalue weighted by Gasteiger charge is -2.32. The minimum absolute atomic E-state index is 0.0202. The van der Waals surface area contributed by atoms with Gasteiger partial charge < -0.3 is 19.9 Å². The van der Waals surface area contributed by atoms with Gasteiger partial charge in [0.05, 0.1) is 19.8 Å². The number of morpholine rings is 1. The Morgan fingerprint density at radius 2 is 1.73 bits per heavy atom. The van der Waals surface area contributed by atoms with E-state index in [1.807, 2.05) is 44.4 Å². The van der Waals surface area contributed by atoms with E-state index in [-0.39, 0.29) is 11.9 Å². The molecule has 1 aliphatic heterocycles. The summed E-state index contributed by atoms with van der Waals surface area (Å²) in [6.45, 7) is 4.08. The summed E-state index contributed by atoms with van der Waals surface area (Å²) in [5, 5.41) is 3.12. The minimum Gasteiger partial charge on any atom is -0.378 e. The summed E-state index contributed by atoms with van der Waals surface area (Å²) in [5.41, 5.74) is 3.13. The molecule has 0 aliphatic carbocycles. The van der Waals surface area contributed by atoms with Gasteiger partial charge in [0, 0.05) is 30.9 Å². The average Bonchev–Trinajstić information content (AvgIpc) is 2.70. The molecular formula is C21H28N3O2+. The lowest BCUT2D eigenvalue weighted by Crippen LogP contribution is -3.15. The van der Waals surface area contributed by atoms with E-state index < -0.39 is 0 Å². The second-order valence-corrected chi connectivity index (χ2v) is 6.89. The zero-order chi connectivity index (χ0) is 18.4. The molecule has 3 rings (SSSR count). The molecule has 26 heavy (non-hydrogen) atoms. The summed E-state index contributed by atoms with van der Waals surface area (Å²) >= 11 is 0. The average molecular weight is 354 g/mol. The molecule has 1 saturated heterocycles. The van der Waals surface area contributed by atoms with Gasteiger partial charge in [-0.3, -0.25) is 4.79 Å². The van der Waals surface area contributed by atoms with Gasteiger partial charge in [-0.25, -0.2) is 0 Å². The Kier molecular flexibility index (Phi) is 6.26. The molecule has 5 heteroatoms. The van der Waals surface area contributed by atoms with E-state index >= 15 is 0 Å².